The molecule has 9 nitrogen and oxygen atoms in total. The van der Waals surface area contributed by atoms with Gasteiger partial charge in [-0.15, -0.1) is 0 Å². The van der Waals surface area contributed by atoms with E-state index in [1.54, 1.807) is 30.1 Å². The number of nitrogens with one attached hydrogen (secondary N) is 1. The third-order valence-corrected chi connectivity index (χ3v) is 6.38. The summed E-state index contributed by atoms with van der Waals surface area (Å²) in [5.41, 5.74) is 1.93. The summed E-state index contributed by atoms with van der Waals surface area (Å²) in [7, 11) is 5.86. The van der Waals surface area contributed by atoms with Crippen LogP contribution in [0.5, 0.6) is 5.75 Å². The predicted octanol–water partition coefficient (Wildman–Crippen LogP) is 3.39. The van der Waals surface area contributed by atoms with Gasteiger partial charge in [0.1, 0.15) is 5.75 Å². The van der Waals surface area contributed by atoms with Gasteiger partial charge in [-0.2, -0.15) is 14.7 Å². The Bertz CT molecular complexity index is 1270. The highest BCUT2D eigenvalue weighted by atomic mass is 16.5. The smallest absolute Gasteiger partial charge is 0.260 e. The molecule has 166 valence electrons. The highest BCUT2D eigenvalue weighted by molar-refractivity contribution is 6.08. The molecule has 32 heavy (non-hydrogen) atoms. The SMILES string of the molecule is COc1cc2nn(C3CCC(N(C)C)CC3)cc2cc1C(=O)Nc1cnc2cccnn12. The van der Waals surface area contributed by atoms with E-state index < -0.39 is 0 Å². The zero-order valence-electron chi connectivity index (χ0n) is 18.5. The Morgan fingerprint density at radius 3 is 2.78 bits per heavy atom. The van der Waals surface area contributed by atoms with Crippen LogP contribution >= 0.6 is 0 Å². The summed E-state index contributed by atoms with van der Waals surface area (Å²) in [4.78, 5) is 19.7. The van der Waals surface area contributed by atoms with Crippen molar-refractivity contribution >= 4 is 28.3 Å². The van der Waals surface area contributed by atoms with Gasteiger partial charge in [-0.05, 0) is 58.0 Å². The van der Waals surface area contributed by atoms with E-state index in [2.05, 4.69) is 39.1 Å². The van der Waals surface area contributed by atoms with Crippen LogP contribution in [-0.4, -0.2) is 62.4 Å². The maximum absolute atomic E-state index is 13.1. The number of rotatable bonds is 5. The molecular weight excluding hydrogens is 406 g/mol. The molecule has 0 bridgehead atoms. The zero-order valence-corrected chi connectivity index (χ0v) is 18.5. The van der Waals surface area contributed by atoms with Crippen LogP contribution < -0.4 is 10.1 Å². The number of ether oxygens (including phenoxy) is 1. The van der Waals surface area contributed by atoms with E-state index in [4.69, 9.17) is 9.84 Å². The summed E-state index contributed by atoms with van der Waals surface area (Å²) in [5.74, 6) is 0.704. The van der Waals surface area contributed by atoms with Crippen molar-refractivity contribution in [2.75, 3.05) is 26.5 Å². The van der Waals surface area contributed by atoms with Gasteiger partial charge in [-0.25, -0.2) is 4.98 Å². The van der Waals surface area contributed by atoms with Gasteiger partial charge in [0, 0.05) is 29.9 Å². The maximum Gasteiger partial charge on any atom is 0.260 e. The minimum Gasteiger partial charge on any atom is -0.496 e. The van der Waals surface area contributed by atoms with E-state index in [9.17, 15) is 4.79 Å². The Kier molecular flexibility index (Phi) is 5.26. The number of hydrogen-bond donors (Lipinski definition) is 1. The highest BCUT2D eigenvalue weighted by Crippen LogP contribution is 2.32. The Hall–Kier alpha value is -3.46. The number of carbonyl (C=O) groups is 1. The van der Waals surface area contributed by atoms with Gasteiger partial charge in [0.05, 0.1) is 30.4 Å². The molecule has 1 aromatic carbocycles. The number of carbonyl (C=O) groups excluding carboxylic acids is 1. The Morgan fingerprint density at radius 2 is 2.03 bits per heavy atom. The molecule has 0 saturated heterocycles. The number of amides is 1. The lowest BCUT2D eigenvalue weighted by Gasteiger charge is -2.32. The summed E-state index contributed by atoms with van der Waals surface area (Å²) in [6, 6.07) is 8.33. The van der Waals surface area contributed by atoms with Crippen molar-refractivity contribution in [3.8, 4) is 5.75 Å². The Morgan fingerprint density at radius 1 is 1.22 bits per heavy atom. The van der Waals surface area contributed by atoms with Crippen molar-refractivity contribution in [2.24, 2.45) is 0 Å². The molecule has 9 heteroatoms. The minimum atomic E-state index is -0.282. The quantitative estimate of drug-likeness (QED) is 0.519. The summed E-state index contributed by atoms with van der Waals surface area (Å²) < 4.78 is 9.17. The van der Waals surface area contributed by atoms with Crippen molar-refractivity contribution in [1.82, 2.24) is 29.3 Å². The van der Waals surface area contributed by atoms with Crippen LogP contribution in [0.4, 0.5) is 5.82 Å². The van der Waals surface area contributed by atoms with Crippen LogP contribution in [0.2, 0.25) is 0 Å². The average Bonchev–Trinajstić information content (AvgIpc) is 3.42. The van der Waals surface area contributed by atoms with Crippen LogP contribution in [-0.2, 0) is 0 Å². The third-order valence-electron chi connectivity index (χ3n) is 6.38. The summed E-state index contributed by atoms with van der Waals surface area (Å²) in [6.07, 6.45) is 9.81. The molecule has 5 rings (SSSR count). The van der Waals surface area contributed by atoms with Crippen LogP contribution in [0.15, 0.2) is 42.9 Å². The van der Waals surface area contributed by atoms with E-state index in [1.807, 2.05) is 24.4 Å². The van der Waals surface area contributed by atoms with Gasteiger partial charge in [-0.1, -0.05) is 0 Å². The topological polar surface area (TPSA) is 89.6 Å². The molecule has 0 unspecified atom stereocenters. The summed E-state index contributed by atoms with van der Waals surface area (Å²) >= 11 is 0. The molecule has 1 fully saturated rings. The second kappa shape index (κ2) is 8.23. The summed E-state index contributed by atoms with van der Waals surface area (Å²) in [5, 5.41) is 12.9. The second-order valence-electron chi connectivity index (χ2n) is 8.54. The van der Waals surface area contributed by atoms with Crippen molar-refractivity contribution in [3.63, 3.8) is 0 Å². The van der Waals surface area contributed by atoms with Crippen molar-refractivity contribution < 1.29 is 9.53 Å². The van der Waals surface area contributed by atoms with Crippen molar-refractivity contribution in [2.45, 2.75) is 37.8 Å². The van der Waals surface area contributed by atoms with Gasteiger partial charge >= 0.3 is 0 Å². The number of methoxy groups -OCH3 is 1. The lowest BCUT2D eigenvalue weighted by atomic mass is 9.91. The molecule has 1 aliphatic rings. The molecule has 0 atom stereocenters. The predicted molar refractivity (Wildman–Crippen MR) is 122 cm³/mol. The van der Waals surface area contributed by atoms with Crippen LogP contribution in [0.3, 0.4) is 0 Å². The van der Waals surface area contributed by atoms with E-state index in [-0.39, 0.29) is 5.91 Å². The van der Waals surface area contributed by atoms with Crippen LogP contribution in [0, 0.1) is 0 Å². The summed E-state index contributed by atoms with van der Waals surface area (Å²) in [6.45, 7) is 0. The lowest BCUT2D eigenvalue weighted by Crippen LogP contribution is -2.32. The number of benzene rings is 1. The largest absolute Gasteiger partial charge is 0.496 e. The van der Waals surface area contributed by atoms with Crippen LogP contribution in [0.25, 0.3) is 16.6 Å². The molecular formula is C23H27N7O2. The first-order valence-corrected chi connectivity index (χ1v) is 10.9. The first-order chi connectivity index (χ1) is 15.5. The minimum absolute atomic E-state index is 0.282. The number of aromatic nitrogens is 5. The maximum atomic E-state index is 13.1. The molecule has 0 aliphatic heterocycles. The molecule has 1 amide bonds. The van der Waals surface area contributed by atoms with Crippen molar-refractivity contribution in [1.29, 1.82) is 0 Å². The average molecular weight is 434 g/mol. The first kappa shape index (κ1) is 20.4. The monoisotopic (exact) mass is 433 g/mol. The van der Waals surface area contributed by atoms with Gasteiger partial charge in [0.2, 0.25) is 0 Å². The molecule has 3 heterocycles. The fraction of sp³-hybridized carbons (Fsp3) is 0.391. The fourth-order valence-corrected chi connectivity index (χ4v) is 4.54. The fourth-order valence-electron chi connectivity index (χ4n) is 4.54. The number of imidazole rings is 1. The van der Waals surface area contributed by atoms with Gasteiger partial charge in [0.25, 0.3) is 5.91 Å². The highest BCUT2D eigenvalue weighted by Gasteiger charge is 2.25. The van der Waals surface area contributed by atoms with E-state index in [0.717, 1.165) is 36.6 Å². The normalized spacial score (nSPS) is 19.0. The second-order valence-corrected chi connectivity index (χ2v) is 8.54. The number of fused-ring (bicyclic) bond motifs is 2. The van der Waals surface area contributed by atoms with E-state index >= 15 is 0 Å². The van der Waals surface area contributed by atoms with E-state index in [1.165, 1.54) is 0 Å². The number of nitrogens with zero attached hydrogens (tertiary/aromatic N) is 6. The van der Waals surface area contributed by atoms with Crippen molar-refractivity contribution in [3.05, 3.63) is 48.4 Å². The van der Waals surface area contributed by atoms with Gasteiger partial charge in [-0.3, -0.25) is 9.48 Å². The van der Waals surface area contributed by atoms with Gasteiger partial charge in [0.15, 0.2) is 11.5 Å². The molecule has 1 N–H and O–H groups in total. The molecule has 4 aromatic rings. The van der Waals surface area contributed by atoms with Crippen LogP contribution in [0.1, 0.15) is 42.1 Å². The zero-order chi connectivity index (χ0) is 22.2. The molecule has 3 aromatic heterocycles. The Balaban J connectivity index is 1.41. The molecule has 1 saturated carbocycles. The first-order valence-electron chi connectivity index (χ1n) is 10.9. The lowest BCUT2D eigenvalue weighted by molar-refractivity contribution is 0.102. The third kappa shape index (κ3) is 3.69. The molecule has 1 aliphatic carbocycles. The van der Waals surface area contributed by atoms with Gasteiger partial charge < -0.3 is 15.0 Å². The molecule has 0 spiro atoms. The Labute approximate surface area is 186 Å². The molecule has 0 radical (unpaired) electrons. The number of anilines is 1. The number of hydrogen-bond acceptors (Lipinski definition) is 6. The standard InChI is InChI=1S/C23H27N7O2/c1-28(2)16-6-8-17(9-7-16)29-14-15-11-18(20(32-3)12-19(15)27-29)23(31)26-22-13-24-21-5-4-10-25-30(21)22/h4-5,10-14,16-17H,6-9H2,1-3H3,(H,26,31). The van der Waals surface area contributed by atoms with E-state index in [0.29, 0.717) is 34.9 Å².